The van der Waals surface area contributed by atoms with Gasteiger partial charge in [0.05, 0.1) is 0 Å². The Hall–Kier alpha value is -3.34. The van der Waals surface area contributed by atoms with Crippen LogP contribution >= 0.6 is 0 Å². The molecule has 2 aliphatic rings. The van der Waals surface area contributed by atoms with Crippen LogP contribution in [0.15, 0.2) is 66.7 Å². The number of alkyl carbamates (subject to hydrolysis) is 1. The Kier molecular flexibility index (Phi) is 3.00. The molecule has 5 rings (SSSR count). The van der Waals surface area contributed by atoms with E-state index in [1.54, 1.807) is 11.9 Å². The normalized spacial score (nSPS) is 26.4. The van der Waals surface area contributed by atoms with Crippen molar-refractivity contribution in [2.75, 3.05) is 11.9 Å². The van der Waals surface area contributed by atoms with E-state index >= 15 is 0 Å². The molecule has 5 nitrogen and oxygen atoms in total. The van der Waals surface area contributed by atoms with Crippen molar-refractivity contribution in [1.29, 1.82) is 0 Å². The Morgan fingerprint density at radius 3 is 2.44 bits per heavy atom. The third kappa shape index (κ3) is 1.83. The van der Waals surface area contributed by atoms with E-state index in [1.807, 2.05) is 73.7 Å². The molecule has 2 atom stereocenters. The Bertz CT molecular complexity index is 1130. The Balaban J connectivity index is 1.79. The van der Waals surface area contributed by atoms with Gasteiger partial charge in [0.15, 0.2) is 11.1 Å². The number of rotatable bonds is 1. The lowest BCUT2D eigenvalue weighted by Crippen LogP contribution is -2.57. The number of likely N-dealkylation sites (N-methyl/N-ethyl adjacent to an activating group) is 1. The first-order valence-corrected chi connectivity index (χ1v) is 8.85. The number of nitrogens with one attached hydrogen (secondary N) is 1. The van der Waals surface area contributed by atoms with Gasteiger partial charge in [-0.3, -0.25) is 10.1 Å². The van der Waals surface area contributed by atoms with Crippen LogP contribution in [0.3, 0.4) is 0 Å². The number of para-hydroxylation sites is 1. The Morgan fingerprint density at radius 1 is 0.926 bits per heavy atom. The molecule has 2 amide bonds. The molecule has 1 spiro atoms. The standard InChI is InChI=1S/C22H18N2O3/c1-21(16-12-11-14-7-3-4-8-15(14)13-16)22(23-20(26)27-21)17-9-5-6-10-18(17)24(2)19(22)25/h3-13H,1-2H3,(H,23,26)/t21-,22+/m0/s1. The smallest absolute Gasteiger partial charge is 0.409 e. The average Bonchev–Trinajstić information content (AvgIpc) is 3.09. The number of benzene rings is 3. The molecule has 0 aromatic heterocycles. The van der Waals surface area contributed by atoms with Crippen molar-refractivity contribution in [3.8, 4) is 0 Å². The summed E-state index contributed by atoms with van der Waals surface area (Å²) < 4.78 is 5.80. The van der Waals surface area contributed by atoms with Gasteiger partial charge < -0.3 is 9.64 Å². The molecule has 1 fully saturated rings. The van der Waals surface area contributed by atoms with Gasteiger partial charge in [-0.05, 0) is 35.4 Å². The van der Waals surface area contributed by atoms with Crippen LogP contribution < -0.4 is 10.2 Å². The van der Waals surface area contributed by atoms with Gasteiger partial charge in [0.1, 0.15) is 0 Å². The SMILES string of the molecule is CN1C(=O)[C@]2(NC(=O)O[C@@]2(C)c2ccc3ccccc3c2)c2ccccc21. The van der Waals surface area contributed by atoms with E-state index in [1.165, 1.54) is 0 Å². The molecule has 5 heteroatoms. The Labute approximate surface area is 156 Å². The summed E-state index contributed by atoms with van der Waals surface area (Å²) in [5, 5.41) is 4.97. The van der Waals surface area contributed by atoms with E-state index < -0.39 is 17.2 Å². The van der Waals surface area contributed by atoms with Crippen LogP contribution in [0.2, 0.25) is 0 Å². The lowest BCUT2D eigenvalue weighted by Gasteiger charge is -2.36. The van der Waals surface area contributed by atoms with E-state index in [9.17, 15) is 9.59 Å². The van der Waals surface area contributed by atoms with Crippen molar-refractivity contribution in [2.24, 2.45) is 0 Å². The first-order chi connectivity index (χ1) is 13.0. The zero-order valence-electron chi connectivity index (χ0n) is 15.0. The van der Waals surface area contributed by atoms with Crippen molar-refractivity contribution < 1.29 is 14.3 Å². The van der Waals surface area contributed by atoms with E-state index in [4.69, 9.17) is 4.74 Å². The van der Waals surface area contributed by atoms with Gasteiger partial charge in [0.2, 0.25) is 0 Å². The fourth-order valence-corrected chi connectivity index (χ4v) is 4.46. The summed E-state index contributed by atoms with van der Waals surface area (Å²) in [6.07, 6.45) is -0.593. The lowest BCUT2D eigenvalue weighted by atomic mass is 9.72. The summed E-state index contributed by atoms with van der Waals surface area (Å²) in [4.78, 5) is 27.4. The first kappa shape index (κ1) is 15.9. The fraction of sp³-hybridized carbons (Fsp3) is 0.182. The lowest BCUT2D eigenvalue weighted by molar-refractivity contribution is -0.130. The molecule has 0 aliphatic carbocycles. The molecule has 134 valence electrons. The number of carbonyl (C=O) groups is 2. The van der Waals surface area contributed by atoms with Crippen LogP contribution in [0.25, 0.3) is 10.8 Å². The number of hydrogen-bond donors (Lipinski definition) is 1. The van der Waals surface area contributed by atoms with Crippen LogP contribution in [0.1, 0.15) is 18.1 Å². The van der Waals surface area contributed by atoms with Crippen molar-refractivity contribution in [3.05, 3.63) is 77.9 Å². The van der Waals surface area contributed by atoms with Crippen molar-refractivity contribution in [2.45, 2.75) is 18.1 Å². The molecule has 27 heavy (non-hydrogen) atoms. The predicted molar refractivity (Wildman–Crippen MR) is 102 cm³/mol. The highest BCUT2D eigenvalue weighted by atomic mass is 16.6. The largest absolute Gasteiger partial charge is 0.435 e. The molecular formula is C22H18N2O3. The quantitative estimate of drug-likeness (QED) is 0.722. The number of cyclic esters (lactones) is 1. The minimum absolute atomic E-state index is 0.204. The highest BCUT2D eigenvalue weighted by Gasteiger charge is 2.68. The molecule has 1 saturated heterocycles. The number of fused-ring (bicyclic) bond motifs is 3. The molecule has 0 radical (unpaired) electrons. The van der Waals surface area contributed by atoms with Crippen LogP contribution in [0, 0.1) is 0 Å². The minimum Gasteiger partial charge on any atom is -0.435 e. The minimum atomic E-state index is -1.29. The Morgan fingerprint density at radius 2 is 1.63 bits per heavy atom. The van der Waals surface area contributed by atoms with Crippen molar-refractivity contribution >= 4 is 28.5 Å². The van der Waals surface area contributed by atoms with Gasteiger partial charge in [-0.25, -0.2) is 4.79 Å². The monoisotopic (exact) mass is 358 g/mol. The molecule has 3 aromatic carbocycles. The van der Waals surface area contributed by atoms with Crippen molar-refractivity contribution in [1.82, 2.24) is 5.32 Å². The van der Waals surface area contributed by atoms with Gasteiger partial charge in [-0.15, -0.1) is 0 Å². The van der Waals surface area contributed by atoms with Gasteiger partial charge >= 0.3 is 6.09 Å². The maximum absolute atomic E-state index is 13.4. The number of amides is 2. The number of ether oxygens (including phenoxy) is 1. The van der Waals surface area contributed by atoms with E-state index in [2.05, 4.69) is 5.32 Å². The maximum Gasteiger partial charge on any atom is 0.409 e. The second kappa shape index (κ2) is 5.10. The van der Waals surface area contributed by atoms with Gasteiger partial charge in [-0.2, -0.15) is 0 Å². The molecule has 0 bridgehead atoms. The zero-order valence-corrected chi connectivity index (χ0v) is 15.0. The second-order valence-electron chi connectivity index (χ2n) is 7.24. The number of hydrogen-bond acceptors (Lipinski definition) is 3. The van der Waals surface area contributed by atoms with E-state index in [0.717, 1.165) is 27.6 Å². The van der Waals surface area contributed by atoms with Crippen LogP contribution in [-0.4, -0.2) is 19.0 Å². The highest BCUT2D eigenvalue weighted by Crippen LogP contribution is 2.54. The number of carbonyl (C=O) groups excluding carboxylic acids is 2. The molecule has 1 N–H and O–H groups in total. The maximum atomic E-state index is 13.4. The molecule has 0 saturated carbocycles. The predicted octanol–water partition coefficient (Wildman–Crippen LogP) is 3.67. The van der Waals surface area contributed by atoms with Crippen LogP contribution in [0.4, 0.5) is 10.5 Å². The van der Waals surface area contributed by atoms with Crippen LogP contribution in [-0.2, 0) is 20.7 Å². The number of nitrogens with zero attached hydrogens (tertiary/aromatic N) is 1. The molecular weight excluding hydrogens is 340 g/mol. The van der Waals surface area contributed by atoms with E-state index in [-0.39, 0.29) is 5.91 Å². The van der Waals surface area contributed by atoms with Crippen molar-refractivity contribution in [3.63, 3.8) is 0 Å². The summed E-state index contributed by atoms with van der Waals surface area (Å²) in [6.45, 7) is 1.81. The summed E-state index contributed by atoms with van der Waals surface area (Å²) in [6, 6.07) is 21.4. The summed E-state index contributed by atoms with van der Waals surface area (Å²) in [5.74, 6) is -0.204. The third-order valence-corrected chi connectivity index (χ3v) is 5.90. The van der Waals surface area contributed by atoms with Gasteiger partial charge in [0, 0.05) is 18.3 Å². The first-order valence-electron chi connectivity index (χ1n) is 8.85. The topological polar surface area (TPSA) is 58.6 Å². The summed E-state index contributed by atoms with van der Waals surface area (Å²) >= 11 is 0. The summed E-state index contributed by atoms with van der Waals surface area (Å²) in [7, 11) is 1.72. The second-order valence-corrected chi connectivity index (χ2v) is 7.24. The molecule has 2 heterocycles. The van der Waals surface area contributed by atoms with Gasteiger partial charge in [0.25, 0.3) is 5.91 Å². The molecule has 3 aromatic rings. The number of anilines is 1. The van der Waals surface area contributed by atoms with Crippen LogP contribution in [0.5, 0.6) is 0 Å². The highest BCUT2D eigenvalue weighted by molar-refractivity contribution is 6.11. The average molecular weight is 358 g/mol. The summed E-state index contributed by atoms with van der Waals surface area (Å²) in [5.41, 5.74) is -0.165. The fourth-order valence-electron chi connectivity index (χ4n) is 4.46. The zero-order chi connectivity index (χ0) is 18.8. The molecule has 0 unspecified atom stereocenters. The third-order valence-electron chi connectivity index (χ3n) is 5.90. The van der Waals surface area contributed by atoms with E-state index in [0.29, 0.717) is 0 Å². The molecule has 2 aliphatic heterocycles. The van der Waals surface area contributed by atoms with Gasteiger partial charge in [-0.1, -0.05) is 54.6 Å².